The number of carbonyl (C=O) groups is 2. The summed E-state index contributed by atoms with van der Waals surface area (Å²) in [4.78, 5) is 28.0. The van der Waals surface area contributed by atoms with Crippen LogP contribution in [0.5, 0.6) is 0 Å². The number of carbonyl (C=O) groups excluding carboxylic acids is 2. The Kier molecular flexibility index (Phi) is 7.24. The standard InChI is InChI=1S/C13H26N4O4S/c1-14(2)6-11-17(22(3,20)21)5-4-13(19)16-9-7-15(12-18)8-10-16/h12H,4-11H2,1-3H3. The fraction of sp³-hybridized carbons (Fsp3) is 0.846. The lowest BCUT2D eigenvalue weighted by molar-refractivity contribution is -0.135. The zero-order chi connectivity index (χ0) is 16.8. The average molecular weight is 334 g/mol. The van der Waals surface area contributed by atoms with Gasteiger partial charge in [0, 0.05) is 52.2 Å². The van der Waals surface area contributed by atoms with Crippen molar-refractivity contribution < 1.29 is 18.0 Å². The van der Waals surface area contributed by atoms with E-state index in [0.717, 1.165) is 12.7 Å². The van der Waals surface area contributed by atoms with Crippen molar-refractivity contribution in [1.29, 1.82) is 0 Å². The van der Waals surface area contributed by atoms with E-state index in [-0.39, 0.29) is 18.9 Å². The molecule has 2 amide bonds. The Morgan fingerprint density at radius 2 is 1.68 bits per heavy atom. The molecule has 128 valence electrons. The van der Waals surface area contributed by atoms with Crippen molar-refractivity contribution in [3.8, 4) is 0 Å². The molecule has 0 radical (unpaired) electrons. The lowest BCUT2D eigenvalue weighted by atomic mass is 10.3. The molecular formula is C13H26N4O4S. The maximum atomic E-state index is 12.1. The van der Waals surface area contributed by atoms with Crippen LogP contribution in [0.2, 0.25) is 0 Å². The van der Waals surface area contributed by atoms with Crippen LogP contribution in [0.3, 0.4) is 0 Å². The van der Waals surface area contributed by atoms with E-state index in [1.165, 1.54) is 4.31 Å². The number of nitrogens with zero attached hydrogens (tertiary/aromatic N) is 4. The third kappa shape index (κ3) is 6.29. The molecule has 9 heteroatoms. The van der Waals surface area contributed by atoms with E-state index >= 15 is 0 Å². The molecule has 0 aromatic rings. The minimum Gasteiger partial charge on any atom is -0.342 e. The second-order valence-electron chi connectivity index (χ2n) is 5.74. The van der Waals surface area contributed by atoms with E-state index in [2.05, 4.69) is 0 Å². The molecule has 1 heterocycles. The normalized spacial score (nSPS) is 16.4. The third-order valence-electron chi connectivity index (χ3n) is 3.66. The highest BCUT2D eigenvalue weighted by atomic mass is 32.2. The first-order valence-electron chi connectivity index (χ1n) is 7.31. The van der Waals surface area contributed by atoms with Crippen LogP contribution in [0.15, 0.2) is 0 Å². The van der Waals surface area contributed by atoms with Crippen LogP contribution < -0.4 is 0 Å². The molecule has 1 fully saturated rings. The number of rotatable bonds is 8. The van der Waals surface area contributed by atoms with Crippen molar-refractivity contribution in [3.05, 3.63) is 0 Å². The van der Waals surface area contributed by atoms with Crippen molar-refractivity contribution in [2.75, 3.05) is 66.2 Å². The van der Waals surface area contributed by atoms with E-state index in [1.807, 2.05) is 19.0 Å². The molecule has 0 saturated carbocycles. The first-order chi connectivity index (χ1) is 10.2. The lowest BCUT2D eigenvalue weighted by Crippen LogP contribution is -2.49. The Bertz CT molecular complexity index is 472. The molecule has 0 spiro atoms. The number of piperazine rings is 1. The Labute approximate surface area is 132 Å². The van der Waals surface area contributed by atoms with Gasteiger partial charge in [0.2, 0.25) is 22.3 Å². The fourth-order valence-electron chi connectivity index (χ4n) is 2.21. The van der Waals surface area contributed by atoms with Gasteiger partial charge in [-0.15, -0.1) is 0 Å². The van der Waals surface area contributed by atoms with E-state index in [4.69, 9.17) is 0 Å². The van der Waals surface area contributed by atoms with Crippen molar-refractivity contribution in [2.45, 2.75) is 6.42 Å². The van der Waals surface area contributed by atoms with Crippen molar-refractivity contribution in [1.82, 2.24) is 19.0 Å². The summed E-state index contributed by atoms with van der Waals surface area (Å²) >= 11 is 0. The van der Waals surface area contributed by atoms with Crippen LogP contribution in [0.25, 0.3) is 0 Å². The van der Waals surface area contributed by atoms with E-state index in [0.29, 0.717) is 39.3 Å². The van der Waals surface area contributed by atoms with Gasteiger partial charge in [-0.05, 0) is 14.1 Å². The van der Waals surface area contributed by atoms with Crippen LogP contribution in [-0.4, -0.2) is 106 Å². The van der Waals surface area contributed by atoms with Crippen molar-refractivity contribution >= 4 is 22.3 Å². The molecule has 1 rings (SSSR count). The smallest absolute Gasteiger partial charge is 0.224 e. The Balaban J connectivity index is 2.47. The molecule has 0 aliphatic carbocycles. The van der Waals surface area contributed by atoms with E-state index < -0.39 is 10.0 Å². The van der Waals surface area contributed by atoms with Crippen molar-refractivity contribution in [3.63, 3.8) is 0 Å². The summed E-state index contributed by atoms with van der Waals surface area (Å²) in [6.07, 6.45) is 2.12. The quantitative estimate of drug-likeness (QED) is 0.505. The molecule has 1 aliphatic heterocycles. The second kappa shape index (κ2) is 8.44. The van der Waals surface area contributed by atoms with Crippen LogP contribution in [0, 0.1) is 0 Å². The third-order valence-corrected chi connectivity index (χ3v) is 4.96. The predicted molar refractivity (Wildman–Crippen MR) is 83.8 cm³/mol. The molecule has 0 unspecified atom stereocenters. The van der Waals surface area contributed by atoms with E-state index in [1.54, 1.807) is 9.80 Å². The number of hydrogen-bond acceptors (Lipinski definition) is 5. The first kappa shape index (κ1) is 18.9. The van der Waals surface area contributed by atoms with Gasteiger partial charge < -0.3 is 14.7 Å². The molecular weight excluding hydrogens is 308 g/mol. The molecule has 8 nitrogen and oxygen atoms in total. The van der Waals surface area contributed by atoms with Gasteiger partial charge in [-0.1, -0.05) is 0 Å². The number of sulfonamides is 1. The summed E-state index contributed by atoms with van der Waals surface area (Å²) in [5.74, 6) is -0.0657. The van der Waals surface area contributed by atoms with Gasteiger partial charge in [-0.3, -0.25) is 9.59 Å². The zero-order valence-electron chi connectivity index (χ0n) is 13.6. The second-order valence-corrected chi connectivity index (χ2v) is 7.72. The van der Waals surface area contributed by atoms with Gasteiger partial charge in [0.1, 0.15) is 0 Å². The molecule has 22 heavy (non-hydrogen) atoms. The van der Waals surface area contributed by atoms with Gasteiger partial charge >= 0.3 is 0 Å². The summed E-state index contributed by atoms with van der Waals surface area (Å²) in [6, 6.07) is 0. The maximum Gasteiger partial charge on any atom is 0.224 e. The van der Waals surface area contributed by atoms with Crippen LogP contribution >= 0.6 is 0 Å². The van der Waals surface area contributed by atoms with Crippen LogP contribution in [0.1, 0.15) is 6.42 Å². The van der Waals surface area contributed by atoms with Gasteiger partial charge in [-0.25, -0.2) is 12.7 Å². The average Bonchev–Trinajstić information content (AvgIpc) is 2.45. The molecule has 0 atom stereocenters. The minimum atomic E-state index is -3.32. The highest BCUT2D eigenvalue weighted by Gasteiger charge is 2.22. The fourth-order valence-corrected chi connectivity index (χ4v) is 3.05. The molecule has 0 aromatic heterocycles. The monoisotopic (exact) mass is 334 g/mol. The maximum absolute atomic E-state index is 12.1. The Morgan fingerprint density at radius 1 is 1.09 bits per heavy atom. The highest BCUT2D eigenvalue weighted by Crippen LogP contribution is 2.05. The minimum absolute atomic E-state index is 0.0657. The zero-order valence-corrected chi connectivity index (χ0v) is 14.4. The summed E-state index contributed by atoms with van der Waals surface area (Å²) < 4.78 is 24.8. The molecule has 0 aromatic carbocycles. The highest BCUT2D eigenvalue weighted by molar-refractivity contribution is 7.88. The predicted octanol–water partition coefficient (Wildman–Crippen LogP) is -1.50. The largest absolute Gasteiger partial charge is 0.342 e. The van der Waals surface area contributed by atoms with Gasteiger partial charge in [-0.2, -0.15) is 0 Å². The van der Waals surface area contributed by atoms with Gasteiger partial charge in [0.15, 0.2) is 0 Å². The summed E-state index contributed by atoms with van der Waals surface area (Å²) in [6.45, 7) is 3.26. The van der Waals surface area contributed by atoms with Crippen molar-refractivity contribution in [2.24, 2.45) is 0 Å². The first-order valence-corrected chi connectivity index (χ1v) is 9.16. The molecule has 1 saturated heterocycles. The van der Waals surface area contributed by atoms with Crippen LogP contribution in [-0.2, 0) is 19.6 Å². The summed E-state index contributed by atoms with van der Waals surface area (Å²) in [5, 5.41) is 0. The molecule has 0 N–H and O–H groups in total. The summed E-state index contributed by atoms with van der Waals surface area (Å²) in [5.41, 5.74) is 0. The van der Waals surface area contributed by atoms with Gasteiger partial charge in [0.05, 0.1) is 6.26 Å². The number of likely N-dealkylation sites (N-methyl/N-ethyl adjacent to an activating group) is 1. The molecule has 1 aliphatic rings. The molecule has 0 bridgehead atoms. The SMILES string of the molecule is CN(C)CCN(CCC(=O)N1CCN(C=O)CC1)S(C)(=O)=O. The Morgan fingerprint density at radius 3 is 2.14 bits per heavy atom. The van der Waals surface area contributed by atoms with Gasteiger partial charge in [0.25, 0.3) is 0 Å². The van der Waals surface area contributed by atoms with E-state index in [9.17, 15) is 18.0 Å². The summed E-state index contributed by atoms with van der Waals surface area (Å²) in [7, 11) is 0.428. The number of amides is 2. The Hall–Kier alpha value is -1.19. The topological polar surface area (TPSA) is 81.2 Å². The van der Waals surface area contributed by atoms with Crippen LogP contribution in [0.4, 0.5) is 0 Å². The number of hydrogen-bond donors (Lipinski definition) is 0. The lowest BCUT2D eigenvalue weighted by Gasteiger charge is -2.33.